The number of aromatic carboxylic acids is 1. The summed E-state index contributed by atoms with van der Waals surface area (Å²) in [7, 11) is 1.72. The van der Waals surface area contributed by atoms with Crippen LogP contribution in [0.4, 0.5) is 5.69 Å². The molecule has 126 valence electrons. The lowest BCUT2D eigenvalue weighted by molar-refractivity contribution is -0.125. The second kappa shape index (κ2) is 5.34. The molecule has 0 spiro atoms. The smallest absolute Gasteiger partial charge is 0.335 e. The van der Waals surface area contributed by atoms with Crippen LogP contribution in [0.25, 0.3) is 16.9 Å². The zero-order valence-electron chi connectivity index (χ0n) is 13.6. The zero-order valence-corrected chi connectivity index (χ0v) is 13.6. The van der Waals surface area contributed by atoms with E-state index in [1.165, 1.54) is 12.1 Å². The molecule has 0 fully saturated rings. The van der Waals surface area contributed by atoms with Crippen molar-refractivity contribution in [2.45, 2.75) is 13.0 Å². The number of hydrogen-bond acceptors (Lipinski definition) is 4. The number of nitrogens with zero attached hydrogens (tertiary/aromatic N) is 3. The molecule has 0 saturated heterocycles. The third kappa shape index (κ3) is 2.40. The molecule has 1 atom stereocenters. The third-order valence-electron chi connectivity index (χ3n) is 4.31. The molecule has 7 nitrogen and oxygen atoms in total. The van der Waals surface area contributed by atoms with Gasteiger partial charge in [0.2, 0.25) is 0 Å². The van der Waals surface area contributed by atoms with Crippen LogP contribution in [0.5, 0.6) is 5.75 Å². The van der Waals surface area contributed by atoms with E-state index in [1.54, 1.807) is 29.5 Å². The lowest BCUT2D eigenvalue weighted by Crippen LogP contribution is -2.41. The Bertz CT molecular complexity index is 1020. The number of aromatic nitrogens is 2. The minimum Gasteiger partial charge on any atom is -0.479 e. The summed E-state index contributed by atoms with van der Waals surface area (Å²) >= 11 is 0. The van der Waals surface area contributed by atoms with Crippen LogP contribution < -0.4 is 9.64 Å². The molecule has 1 aliphatic heterocycles. The van der Waals surface area contributed by atoms with Crippen LogP contribution in [0.1, 0.15) is 17.3 Å². The number of carbonyl (C=O) groups is 2. The van der Waals surface area contributed by atoms with Gasteiger partial charge >= 0.3 is 5.97 Å². The fraction of sp³-hybridized carbons (Fsp3) is 0.167. The van der Waals surface area contributed by atoms with E-state index in [0.717, 1.165) is 5.56 Å². The van der Waals surface area contributed by atoms with E-state index in [2.05, 4.69) is 4.98 Å². The average molecular weight is 337 g/mol. The van der Waals surface area contributed by atoms with Gasteiger partial charge in [-0.15, -0.1) is 0 Å². The standard InChI is InChI=1S/C18H15N3O4/c1-10-17(22)20(2)14-7-11(3-4-15(14)25-10)13-9-21-6-5-12(18(23)24)8-16(21)19-13/h3-10H,1-2H3,(H,23,24). The first-order chi connectivity index (χ1) is 11.9. The van der Waals surface area contributed by atoms with Gasteiger partial charge in [0.25, 0.3) is 5.91 Å². The molecule has 1 aromatic carbocycles. The van der Waals surface area contributed by atoms with Crippen molar-refractivity contribution in [1.29, 1.82) is 0 Å². The summed E-state index contributed by atoms with van der Waals surface area (Å²) in [5, 5.41) is 9.09. The molecule has 0 aliphatic carbocycles. The molecule has 1 aliphatic rings. The molecule has 4 rings (SSSR count). The van der Waals surface area contributed by atoms with E-state index in [0.29, 0.717) is 22.8 Å². The summed E-state index contributed by atoms with van der Waals surface area (Å²) in [5.74, 6) is -0.451. The number of imidazole rings is 1. The van der Waals surface area contributed by atoms with E-state index in [9.17, 15) is 9.59 Å². The highest BCUT2D eigenvalue weighted by atomic mass is 16.5. The maximum Gasteiger partial charge on any atom is 0.335 e. The number of rotatable bonds is 2. The number of ether oxygens (including phenoxy) is 1. The number of anilines is 1. The second-order valence-electron chi connectivity index (χ2n) is 5.95. The SMILES string of the molecule is CC1Oc2ccc(-c3cn4ccc(C(=O)O)cc4n3)cc2N(C)C1=O. The van der Waals surface area contributed by atoms with E-state index in [1.807, 2.05) is 24.4 Å². The molecule has 25 heavy (non-hydrogen) atoms. The summed E-state index contributed by atoms with van der Waals surface area (Å²) < 4.78 is 7.38. The number of carboxylic acids is 1. The Hall–Kier alpha value is -3.35. The van der Waals surface area contributed by atoms with Crippen molar-refractivity contribution in [3.05, 3.63) is 48.3 Å². The van der Waals surface area contributed by atoms with Gasteiger partial charge in [0.15, 0.2) is 6.10 Å². The van der Waals surface area contributed by atoms with Crippen molar-refractivity contribution < 1.29 is 19.4 Å². The number of fused-ring (bicyclic) bond motifs is 2. The van der Waals surface area contributed by atoms with E-state index in [4.69, 9.17) is 9.84 Å². The molecule has 1 unspecified atom stereocenters. The molecule has 0 radical (unpaired) electrons. The average Bonchev–Trinajstić information content (AvgIpc) is 3.02. The molecular formula is C18H15N3O4. The van der Waals surface area contributed by atoms with Gasteiger partial charge in [-0.05, 0) is 37.3 Å². The first-order valence-corrected chi connectivity index (χ1v) is 7.75. The van der Waals surface area contributed by atoms with Crippen molar-refractivity contribution in [1.82, 2.24) is 9.38 Å². The zero-order chi connectivity index (χ0) is 17.7. The molecule has 3 aromatic rings. The van der Waals surface area contributed by atoms with Gasteiger partial charge in [-0.1, -0.05) is 0 Å². The van der Waals surface area contributed by atoms with Gasteiger partial charge in [0.1, 0.15) is 11.4 Å². The van der Waals surface area contributed by atoms with Gasteiger partial charge in [-0.25, -0.2) is 9.78 Å². The topological polar surface area (TPSA) is 84.1 Å². The highest BCUT2D eigenvalue weighted by Crippen LogP contribution is 2.36. The highest BCUT2D eigenvalue weighted by molar-refractivity contribution is 6.00. The predicted octanol–water partition coefficient (Wildman–Crippen LogP) is 2.44. The highest BCUT2D eigenvalue weighted by Gasteiger charge is 2.29. The Labute approximate surface area is 143 Å². The Morgan fingerprint density at radius 1 is 1.28 bits per heavy atom. The molecule has 3 heterocycles. The fourth-order valence-corrected chi connectivity index (χ4v) is 2.92. The number of pyridine rings is 1. The Morgan fingerprint density at radius 3 is 2.84 bits per heavy atom. The van der Waals surface area contributed by atoms with Crippen LogP contribution in [0.15, 0.2) is 42.7 Å². The Morgan fingerprint density at radius 2 is 2.08 bits per heavy atom. The Balaban J connectivity index is 1.79. The number of benzene rings is 1. The van der Waals surface area contributed by atoms with Crippen molar-refractivity contribution >= 4 is 23.2 Å². The monoisotopic (exact) mass is 337 g/mol. The van der Waals surface area contributed by atoms with Gasteiger partial charge in [-0.3, -0.25) is 4.79 Å². The van der Waals surface area contributed by atoms with Crippen molar-refractivity contribution in [3.63, 3.8) is 0 Å². The molecular weight excluding hydrogens is 322 g/mol. The van der Waals surface area contributed by atoms with Crippen LogP contribution >= 0.6 is 0 Å². The first kappa shape index (κ1) is 15.2. The molecule has 2 aromatic heterocycles. The predicted molar refractivity (Wildman–Crippen MR) is 91.1 cm³/mol. The van der Waals surface area contributed by atoms with E-state index in [-0.39, 0.29) is 11.5 Å². The van der Waals surface area contributed by atoms with Gasteiger partial charge in [0, 0.05) is 25.0 Å². The molecule has 0 saturated carbocycles. The number of amides is 1. The summed E-state index contributed by atoms with van der Waals surface area (Å²) in [6, 6.07) is 8.57. The largest absolute Gasteiger partial charge is 0.479 e. The van der Waals surface area contributed by atoms with Crippen molar-refractivity contribution in [3.8, 4) is 17.0 Å². The van der Waals surface area contributed by atoms with Crippen LogP contribution in [0.3, 0.4) is 0 Å². The number of carbonyl (C=O) groups excluding carboxylic acids is 1. The first-order valence-electron chi connectivity index (χ1n) is 7.75. The maximum absolute atomic E-state index is 12.1. The van der Waals surface area contributed by atoms with Crippen molar-refractivity contribution in [2.75, 3.05) is 11.9 Å². The number of likely N-dealkylation sites (N-methyl/N-ethyl adjacent to an activating group) is 1. The number of hydrogen-bond donors (Lipinski definition) is 1. The Kier molecular flexibility index (Phi) is 3.24. The molecule has 1 amide bonds. The lowest BCUT2D eigenvalue weighted by atomic mass is 10.1. The summed E-state index contributed by atoms with van der Waals surface area (Å²) in [5.41, 5.74) is 2.91. The van der Waals surface area contributed by atoms with Crippen molar-refractivity contribution in [2.24, 2.45) is 0 Å². The quantitative estimate of drug-likeness (QED) is 0.776. The molecule has 0 bridgehead atoms. The van der Waals surface area contributed by atoms with Gasteiger partial charge in [0.05, 0.1) is 16.9 Å². The minimum absolute atomic E-state index is 0.106. The van der Waals surface area contributed by atoms with E-state index < -0.39 is 12.1 Å². The fourth-order valence-electron chi connectivity index (χ4n) is 2.92. The minimum atomic E-state index is -0.993. The van der Waals surface area contributed by atoms with Crippen LogP contribution in [0.2, 0.25) is 0 Å². The molecule has 7 heteroatoms. The second-order valence-corrected chi connectivity index (χ2v) is 5.95. The third-order valence-corrected chi connectivity index (χ3v) is 4.31. The van der Waals surface area contributed by atoms with E-state index >= 15 is 0 Å². The van der Waals surface area contributed by atoms with Crippen LogP contribution in [-0.2, 0) is 4.79 Å². The molecule has 1 N–H and O–H groups in total. The number of carboxylic acid groups (broad SMARTS) is 1. The van der Waals surface area contributed by atoms with Gasteiger partial charge < -0.3 is 19.1 Å². The lowest BCUT2D eigenvalue weighted by Gasteiger charge is -2.30. The summed E-state index contributed by atoms with van der Waals surface area (Å²) in [6.07, 6.45) is 2.97. The summed E-state index contributed by atoms with van der Waals surface area (Å²) in [4.78, 5) is 29.3. The normalized spacial score (nSPS) is 16.6. The maximum atomic E-state index is 12.1. The summed E-state index contributed by atoms with van der Waals surface area (Å²) in [6.45, 7) is 1.72. The van der Waals surface area contributed by atoms with Crippen LogP contribution in [-0.4, -0.2) is 39.5 Å². The van der Waals surface area contributed by atoms with Gasteiger partial charge in [-0.2, -0.15) is 0 Å². The van der Waals surface area contributed by atoms with Crippen LogP contribution in [0, 0.1) is 0 Å².